The number of pyridine rings is 1. The summed E-state index contributed by atoms with van der Waals surface area (Å²) in [5.41, 5.74) is 6.23. The van der Waals surface area contributed by atoms with Gasteiger partial charge in [-0.05, 0) is 53.6 Å². The molecule has 0 saturated carbocycles. The van der Waals surface area contributed by atoms with Crippen molar-refractivity contribution in [3.05, 3.63) is 83.7 Å². The lowest BCUT2D eigenvalue weighted by Gasteiger charge is -2.20. The minimum Gasteiger partial charge on any atom is -0.325 e. The number of carbonyl (C=O) groups excluding carboxylic acids is 1. The van der Waals surface area contributed by atoms with Crippen molar-refractivity contribution in [1.82, 2.24) is 19.7 Å². The standard InChI is InChI=1S/C28H31N5OS/c1-18(2)22-10-8-11-23(19(3)4)26(22)30-25(34)17-35-28-32-31-27(21-13-15-29-16-14-21)33(28)24-12-7-6-9-20(24)5/h6-16,18-19H,17H2,1-5H3,(H,30,34). The van der Waals surface area contributed by atoms with Crippen LogP contribution < -0.4 is 5.32 Å². The predicted octanol–water partition coefficient (Wildman–Crippen LogP) is 6.62. The molecule has 0 radical (unpaired) electrons. The Labute approximate surface area is 211 Å². The van der Waals surface area contributed by atoms with Crippen LogP contribution in [-0.2, 0) is 4.79 Å². The zero-order valence-corrected chi connectivity index (χ0v) is 21.6. The highest BCUT2D eigenvalue weighted by molar-refractivity contribution is 7.99. The van der Waals surface area contributed by atoms with Gasteiger partial charge in [0.25, 0.3) is 0 Å². The second-order valence-electron chi connectivity index (χ2n) is 9.12. The molecule has 0 fully saturated rings. The Balaban J connectivity index is 1.63. The number of aryl methyl sites for hydroxylation is 1. The number of aromatic nitrogens is 4. The summed E-state index contributed by atoms with van der Waals surface area (Å²) in [4.78, 5) is 17.2. The third-order valence-corrected chi connectivity index (χ3v) is 6.83. The minimum atomic E-state index is -0.0604. The van der Waals surface area contributed by atoms with E-state index >= 15 is 0 Å². The van der Waals surface area contributed by atoms with Gasteiger partial charge in [0.05, 0.1) is 11.4 Å². The van der Waals surface area contributed by atoms with E-state index in [-0.39, 0.29) is 11.7 Å². The first kappa shape index (κ1) is 24.7. The average Bonchev–Trinajstić information content (AvgIpc) is 3.27. The van der Waals surface area contributed by atoms with E-state index in [2.05, 4.69) is 79.4 Å². The molecule has 4 rings (SSSR count). The third kappa shape index (κ3) is 5.46. The van der Waals surface area contributed by atoms with Gasteiger partial charge < -0.3 is 5.32 Å². The molecular weight excluding hydrogens is 454 g/mol. The number of rotatable bonds is 8. The van der Waals surface area contributed by atoms with E-state index in [1.165, 1.54) is 11.8 Å². The number of nitrogens with zero attached hydrogens (tertiary/aromatic N) is 4. The Morgan fingerprint density at radius 2 is 1.57 bits per heavy atom. The van der Waals surface area contributed by atoms with Crippen molar-refractivity contribution in [3.8, 4) is 17.1 Å². The van der Waals surface area contributed by atoms with E-state index in [0.29, 0.717) is 17.0 Å². The van der Waals surface area contributed by atoms with Crippen LogP contribution in [0.4, 0.5) is 5.69 Å². The Morgan fingerprint density at radius 3 is 2.20 bits per heavy atom. The van der Waals surface area contributed by atoms with Crippen LogP contribution in [0.15, 0.2) is 72.1 Å². The van der Waals surface area contributed by atoms with E-state index in [1.54, 1.807) is 12.4 Å². The van der Waals surface area contributed by atoms with Crippen molar-refractivity contribution >= 4 is 23.4 Å². The first-order valence-corrected chi connectivity index (χ1v) is 12.8. The third-order valence-electron chi connectivity index (χ3n) is 5.90. The summed E-state index contributed by atoms with van der Waals surface area (Å²) in [6.07, 6.45) is 3.48. The van der Waals surface area contributed by atoms with Gasteiger partial charge in [-0.15, -0.1) is 10.2 Å². The molecule has 0 spiro atoms. The molecule has 0 aliphatic carbocycles. The number of nitrogens with one attached hydrogen (secondary N) is 1. The van der Waals surface area contributed by atoms with Gasteiger partial charge in [-0.3, -0.25) is 14.3 Å². The molecule has 6 nitrogen and oxygen atoms in total. The monoisotopic (exact) mass is 485 g/mol. The second kappa shape index (κ2) is 10.9. The predicted molar refractivity (Wildman–Crippen MR) is 143 cm³/mol. The second-order valence-corrected chi connectivity index (χ2v) is 10.1. The summed E-state index contributed by atoms with van der Waals surface area (Å²) in [5.74, 6) is 1.50. The van der Waals surface area contributed by atoms with Crippen LogP contribution in [0.2, 0.25) is 0 Å². The van der Waals surface area contributed by atoms with E-state index in [0.717, 1.165) is 39.5 Å². The summed E-state index contributed by atoms with van der Waals surface area (Å²) in [5, 5.41) is 12.8. The lowest BCUT2D eigenvalue weighted by Crippen LogP contribution is -2.18. The number of benzene rings is 2. The fourth-order valence-electron chi connectivity index (χ4n) is 4.08. The fourth-order valence-corrected chi connectivity index (χ4v) is 4.83. The van der Waals surface area contributed by atoms with Gasteiger partial charge in [-0.2, -0.15) is 0 Å². The molecule has 1 amide bonds. The fraction of sp³-hybridized carbons (Fsp3) is 0.286. The van der Waals surface area contributed by atoms with Crippen LogP contribution in [0.3, 0.4) is 0 Å². The normalized spacial score (nSPS) is 11.3. The highest BCUT2D eigenvalue weighted by Gasteiger charge is 2.20. The lowest BCUT2D eigenvalue weighted by molar-refractivity contribution is -0.113. The molecule has 0 bridgehead atoms. The van der Waals surface area contributed by atoms with Gasteiger partial charge in [0.15, 0.2) is 11.0 Å². The molecule has 180 valence electrons. The van der Waals surface area contributed by atoms with Gasteiger partial charge in [-0.1, -0.05) is 75.9 Å². The molecule has 35 heavy (non-hydrogen) atoms. The molecule has 2 aromatic heterocycles. The maximum Gasteiger partial charge on any atom is 0.234 e. The van der Waals surface area contributed by atoms with Crippen molar-refractivity contribution in [2.75, 3.05) is 11.1 Å². The van der Waals surface area contributed by atoms with Crippen LogP contribution in [0, 0.1) is 6.92 Å². The zero-order chi connectivity index (χ0) is 24.9. The van der Waals surface area contributed by atoms with Crippen LogP contribution in [0.1, 0.15) is 56.2 Å². The molecule has 2 heterocycles. The van der Waals surface area contributed by atoms with Crippen molar-refractivity contribution in [2.24, 2.45) is 0 Å². The molecule has 0 unspecified atom stereocenters. The Morgan fingerprint density at radius 1 is 0.914 bits per heavy atom. The maximum atomic E-state index is 13.1. The van der Waals surface area contributed by atoms with Gasteiger partial charge >= 0.3 is 0 Å². The molecule has 0 aliphatic rings. The number of para-hydroxylation sites is 2. The van der Waals surface area contributed by atoms with Crippen LogP contribution >= 0.6 is 11.8 Å². The average molecular weight is 486 g/mol. The number of thioether (sulfide) groups is 1. The number of carbonyl (C=O) groups is 1. The maximum absolute atomic E-state index is 13.1. The van der Waals surface area contributed by atoms with Crippen molar-refractivity contribution in [3.63, 3.8) is 0 Å². The molecule has 2 aromatic carbocycles. The molecule has 0 aliphatic heterocycles. The summed E-state index contributed by atoms with van der Waals surface area (Å²) in [7, 11) is 0. The van der Waals surface area contributed by atoms with Crippen molar-refractivity contribution < 1.29 is 4.79 Å². The number of amides is 1. The Bertz CT molecular complexity index is 1290. The summed E-state index contributed by atoms with van der Waals surface area (Å²) in [6.45, 7) is 10.7. The minimum absolute atomic E-state index is 0.0604. The summed E-state index contributed by atoms with van der Waals surface area (Å²) in [6, 6.07) is 18.2. The van der Waals surface area contributed by atoms with Crippen molar-refractivity contribution in [2.45, 2.75) is 51.6 Å². The molecule has 1 N–H and O–H groups in total. The molecular formula is C28H31N5OS. The van der Waals surface area contributed by atoms with Gasteiger partial charge in [0.1, 0.15) is 0 Å². The summed E-state index contributed by atoms with van der Waals surface area (Å²) >= 11 is 1.38. The highest BCUT2D eigenvalue weighted by Crippen LogP contribution is 2.33. The van der Waals surface area contributed by atoms with E-state index in [1.807, 2.05) is 34.9 Å². The zero-order valence-electron chi connectivity index (χ0n) is 20.8. The summed E-state index contributed by atoms with van der Waals surface area (Å²) < 4.78 is 2.02. The van der Waals surface area contributed by atoms with Crippen LogP contribution in [-0.4, -0.2) is 31.4 Å². The largest absolute Gasteiger partial charge is 0.325 e. The number of anilines is 1. The van der Waals surface area contributed by atoms with Crippen molar-refractivity contribution in [1.29, 1.82) is 0 Å². The van der Waals surface area contributed by atoms with Crippen LogP contribution in [0.25, 0.3) is 17.1 Å². The van der Waals surface area contributed by atoms with E-state index < -0.39 is 0 Å². The van der Waals surface area contributed by atoms with E-state index in [9.17, 15) is 4.79 Å². The molecule has 0 saturated heterocycles. The van der Waals surface area contributed by atoms with E-state index in [4.69, 9.17) is 0 Å². The molecule has 7 heteroatoms. The number of hydrogen-bond donors (Lipinski definition) is 1. The smallest absolute Gasteiger partial charge is 0.234 e. The first-order valence-electron chi connectivity index (χ1n) is 11.8. The highest BCUT2D eigenvalue weighted by atomic mass is 32.2. The Hall–Kier alpha value is -3.45. The van der Waals surface area contributed by atoms with Gasteiger partial charge in [0, 0.05) is 23.6 Å². The topological polar surface area (TPSA) is 72.7 Å². The molecule has 4 aromatic rings. The Kier molecular flexibility index (Phi) is 7.66. The molecule has 0 atom stereocenters. The van der Waals surface area contributed by atoms with Gasteiger partial charge in [-0.25, -0.2) is 0 Å². The quantitative estimate of drug-likeness (QED) is 0.284. The van der Waals surface area contributed by atoms with Crippen LogP contribution in [0.5, 0.6) is 0 Å². The lowest BCUT2D eigenvalue weighted by atomic mass is 9.92. The number of hydrogen-bond acceptors (Lipinski definition) is 5. The first-order chi connectivity index (χ1) is 16.9. The SMILES string of the molecule is Cc1ccccc1-n1c(SCC(=O)Nc2c(C(C)C)cccc2C(C)C)nnc1-c1ccncc1. The van der Waals surface area contributed by atoms with Gasteiger partial charge in [0.2, 0.25) is 5.91 Å².